The van der Waals surface area contributed by atoms with Gasteiger partial charge in [-0.25, -0.2) is 0 Å². The maximum absolute atomic E-state index is 5.37. The molecule has 0 fully saturated rings. The second-order valence-electron chi connectivity index (χ2n) is 4.41. The Morgan fingerprint density at radius 2 is 2.06 bits per heavy atom. The summed E-state index contributed by atoms with van der Waals surface area (Å²) in [6.45, 7) is 8.59. The Bertz CT molecular complexity index is 321. The lowest BCUT2D eigenvalue weighted by atomic mass is 9.99. The average Bonchev–Trinajstić information content (AvgIpc) is 2.29. The summed E-state index contributed by atoms with van der Waals surface area (Å²) >= 11 is 0. The number of nitrogens with one attached hydrogen (secondary N) is 1. The van der Waals surface area contributed by atoms with Gasteiger partial charge >= 0.3 is 0 Å². The largest absolute Gasteiger partial charge is 0.496 e. The van der Waals surface area contributed by atoms with Crippen LogP contribution in [0.2, 0.25) is 0 Å². The highest BCUT2D eigenvalue weighted by Gasteiger charge is 2.07. The van der Waals surface area contributed by atoms with Gasteiger partial charge in [0.05, 0.1) is 7.11 Å². The Morgan fingerprint density at radius 1 is 1.31 bits per heavy atom. The van der Waals surface area contributed by atoms with Crippen molar-refractivity contribution in [2.45, 2.75) is 39.7 Å². The van der Waals surface area contributed by atoms with Crippen LogP contribution in [0.3, 0.4) is 0 Å². The number of hydrogen-bond donors (Lipinski definition) is 1. The molecule has 0 saturated carbocycles. The maximum Gasteiger partial charge on any atom is 0.122 e. The van der Waals surface area contributed by atoms with Gasteiger partial charge in [0.1, 0.15) is 5.75 Å². The van der Waals surface area contributed by atoms with Crippen molar-refractivity contribution < 1.29 is 4.74 Å². The molecule has 1 aromatic carbocycles. The molecule has 16 heavy (non-hydrogen) atoms. The van der Waals surface area contributed by atoms with Crippen molar-refractivity contribution in [2.24, 2.45) is 0 Å². The fourth-order valence-corrected chi connectivity index (χ4v) is 1.75. The summed E-state index contributed by atoms with van der Waals surface area (Å²) in [5.74, 6) is 1.50. The summed E-state index contributed by atoms with van der Waals surface area (Å²) in [5.41, 5.74) is 2.62. The number of methoxy groups -OCH3 is 1. The standard InChI is InChI=1S/C14H23NO/c1-5-8-15-10-12-6-7-14(16-4)13(9-12)11(2)3/h6-7,9,11,15H,5,8,10H2,1-4H3. The maximum atomic E-state index is 5.37. The molecule has 2 heteroatoms. The minimum Gasteiger partial charge on any atom is -0.496 e. The van der Waals surface area contributed by atoms with Crippen molar-refractivity contribution in [3.05, 3.63) is 29.3 Å². The Kier molecular flexibility index (Phi) is 5.33. The molecule has 0 amide bonds. The van der Waals surface area contributed by atoms with Gasteiger partial charge in [0.25, 0.3) is 0 Å². The number of benzene rings is 1. The Hall–Kier alpha value is -1.02. The van der Waals surface area contributed by atoms with Gasteiger partial charge in [-0.15, -0.1) is 0 Å². The quantitative estimate of drug-likeness (QED) is 0.744. The van der Waals surface area contributed by atoms with E-state index >= 15 is 0 Å². The molecule has 0 radical (unpaired) electrons. The first-order valence-electron chi connectivity index (χ1n) is 6.06. The first kappa shape index (κ1) is 13.0. The van der Waals surface area contributed by atoms with E-state index in [2.05, 4.69) is 44.3 Å². The van der Waals surface area contributed by atoms with Crippen LogP contribution < -0.4 is 10.1 Å². The third-order valence-electron chi connectivity index (χ3n) is 2.67. The minimum atomic E-state index is 0.501. The second-order valence-corrected chi connectivity index (χ2v) is 4.41. The molecule has 0 unspecified atom stereocenters. The smallest absolute Gasteiger partial charge is 0.122 e. The molecule has 0 aliphatic carbocycles. The summed E-state index contributed by atoms with van der Waals surface area (Å²) < 4.78 is 5.37. The zero-order chi connectivity index (χ0) is 12.0. The Balaban J connectivity index is 2.77. The third-order valence-corrected chi connectivity index (χ3v) is 2.67. The van der Waals surface area contributed by atoms with E-state index in [1.54, 1.807) is 7.11 Å². The predicted octanol–water partition coefficient (Wildman–Crippen LogP) is 3.32. The molecule has 0 saturated heterocycles. The summed E-state index contributed by atoms with van der Waals surface area (Å²) in [7, 11) is 1.73. The van der Waals surface area contributed by atoms with E-state index in [-0.39, 0.29) is 0 Å². The molecular weight excluding hydrogens is 198 g/mol. The van der Waals surface area contributed by atoms with Crippen LogP contribution >= 0.6 is 0 Å². The molecule has 1 rings (SSSR count). The van der Waals surface area contributed by atoms with Crippen molar-refractivity contribution in [2.75, 3.05) is 13.7 Å². The van der Waals surface area contributed by atoms with Crippen molar-refractivity contribution in [3.8, 4) is 5.75 Å². The molecule has 0 aromatic heterocycles. The topological polar surface area (TPSA) is 21.3 Å². The molecule has 0 aliphatic rings. The van der Waals surface area contributed by atoms with Crippen LogP contribution in [0.25, 0.3) is 0 Å². The zero-order valence-electron chi connectivity index (χ0n) is 10.8. The lowest BCUT2D eigenvalue weighted by Gasteiger charge is -2.13. The van der Waals surface area contributed by atoms with Crippen LogP contribution in [0.1, 0.15) is 44.2 Å². The molecule has 0 aliphatic heterocycles. The van der Waals surface area contributed by atoms with E-state index in [9.17, 15) is 0 Å². The molecule has 0 spiro atoms. The lowest BCUT2D eigenvalue weighted by Crippen LogP contribution is -2.14. The molecule has 0 bridgehead atoms. The molecule has 1 aromatic rings. The highest BCUT2D eigenvalue weighted by molar-refractivity contribution is 5.39. The molecule has 1 N–H and O–H groups in total. The fourth-order valence-electron chi connectivity index (χ4n) is 1.75. The van der Waals surface area contributed by atoms with Crippen molar-refractivity contribution >= 4 is 0 Å². The Labute approximate surface area is 99.0 Å². The summed E-state index contributed by atoms with van der Waals surface area (Å²) in [5, 5.41) is 3.41. The van der Waals surface area contributed by atoms with Crippen LogP contribution in [0.5, 0.6) is 5.75 Å². The van der Waals surface area contributed by atoms with E-state index in [4.69, 9.17) is 4.74 Å². The summed E-state index contributed by atoms with van der Waals surface area (Å²) in [6.07, 6.45) is 1.17. The minimum absolute atomic E-state index is 0.501. The van der Waals surface area contributed by atoms with Crippen LogP contribution in [0.15, 0.2) is 18.2 Å². The highest BCUT2D eigenvalue weighted by Crippen LogP contribution is 2.27. The second kappa shape index (κ2) is 6.54. The van der Waals surface area contributed by atoms with Crippen LogP contribution in [0.4, 0.5) is 0 Å². The third kappa shape index (κ3) is 3.53. The van der Waals surface area contributed by atoms with Crippen LogP contribution in [0, 0.1) is 0 Å². The zero-order valence-corrected chi connectivity index (χ0v) is 10.8. The van der Waals surface area contributed by atoms with E-state index in [1.165, 1.54) is 17.5 Å². The molecule has 90 valence electrons. The molecule has 2 nitrogen and oxygen atoms in total. The van der Waals surface area contributed by atoms with Gasteiger partial charge in [-0.05, 0) is 36.1 Å². The highest BCUT2D eigenvalue weighted by atomic mass is 16.5. The average molecular weight is 221 g/mol. The first-order chi connectivity index (χ1) is 7.69. The van der Waals surface area contributed by atoms with Gasteiger partial charge in [-0.1, -0.05) is 32.9 Å². The van der Waals surface area contributed by atoms with Gasteiger partial charge in [-0.2, -0.15) is 0 Å². The van der Waals surface area contributed by atoms with E-state index in [0.29, 0.717) is 5.92 Å². The molecular formula is C14H23NO. The molecule has 0 heterocycles. The summed E-state index contributed by atoms with van der Waals surface area (Å²) in [6, 6.07) is 6.44. The van der Waals surface area contributed by atoms with Crippen molar-refractivity contribution in [1.29, 1.82) is 0 Å². The van der Waals surface area contributed by atoms with Crippen LogP contribution in [-0.4, -0.2) is 13.7 Å². The normalized spacial score (nSPS) is 10.8. The van der Waals surface area contributed by atoms with Crippen molar-refractivity contribution in [3.63, 3.8) is 0 Å². The monoisotopic (exact) mass is 221 g/mol. The molecule has 0 atom stereocenters. The first-order valence-corrected chi connectivity index (χ1v) is 6.06. The van der Waals surface area contributed by atoms with Gasteiger partial charge in [0.2, 0.25) is 0 Å². The van der Waals surface area contributed by atoms with E-state index < -0.39 is 0 Å². The van der Waals surface area contributed by atoms with E-state index in [0.717, 1.165) is 18.8 Å². The van der Waals surface area contributed by atoms with Gasteiger partial charge in [0, 0.05) is 6.54 Å². The SMILES string of the molecule is CCCNCc1ccc(OC)c(C(C)C)c1. The number of hydrogen-bond acceptors (Lipinski definition) is 2. The van der Waals surface area contributed by atoms with Crippen LogP contribution in [-0.2, 0) is 6.54 Å². The van der Waals surface area contributed by atoms with Gasteiger partial charge in [-0.3, -0.25) is 0 Å². The Morgan fingerprint density at radius 3 is 2.62 bits per heavy atom. The lowest BCUT2D eigenvalue weighted by molar-refractivity contribution is 0.407. The summed E-state index contributed by atoms with van der Waals surface area (Å²) in [4.78, 5) is 0. The van der Waals surface area contributed by atoms with Gasteiger partial charge in [0.15, 0.2) is 0 Å². The van der Waals surface area contributed by atoms with Gasteiger partial charge < -0.3 is 10.1 Å². The predicted molar refractivity (Wildman–Crippen MR) is 69.1 cm³/mol. The number of ether oxygens (including phenoxy) is 1. The number of rotatable bonds is 6. The fraction of sp³-hybridized carbons (Fsp3) is 0.571. The van der Waals surface area contributed by atoms with Crippen molar-refractivity contribution in [1.82, 2.24) is 5.32 Å². The van der Waals surface area contributed by atoms with E-state index in [1.807, 2.05) is 0 Å².